The van der Waals surface area contributed by atoms with Crippen LogP contribution < -0.4 is 10.6 Å². The average Bonchev–Trinajstić information content (AvgIpc) is 2.54. The van der Waals surface area contributed by atoms with Gasteiger partial charge in [-0.25, -0.2) is 4.79 Å². The third-order valence-electron chi connectivity index (χ3n) is 3.91. The van der Waals surface area contributed by atoms with Crippen molar-refractivity contribution in [1.29, 1.82) is 0 Å². The van der Waals surface area contributed by atoms with Gasteiger partial charge in [0, 0.05) is 25.0 Å². The molecule has 0 saturated carbocycles. The first-order valence-electron chi connectivity index (χ1n) is 9.06. The quantitative estimate of drug-likeness (QED) is 0.779. The summed E-state index contributed by atoms with van der Waals surface area (Å²) < 4.78 is 5.84. The molecular formula is C22H30N2O2. The van der Waals surface area contributed by atoms with E-state index in [1.807, 2.05) is 64.1 Å². The van der Waals surface area contributed by atoms with Gasteiger partial charge in [-0.3, -0.25) is 0 Å². The smallest absolute Gasteiger partial charge is 0.408 e. The molecule has 1 unspecified atom stereocenters. The second-order valence-electron chi connectivity index (χ2n) is 7.97. The molecule has 0 heterocycles. The van der Waals surface area contributed by atoms with E-state index in [0.717, 1.165) is 12.1 Å². The topological polar surface area (TPSA) is 50.4 Å². The molecule has 4 nitrogen and oxygen atoms in total. The zero-order chi connectivity index (χ0) is 19.0. The number of hydrogen-bond acceptors (Lipinski definition) is 3. The Hall–Kier alpha value is -2.33. The number of ether oxygens (including phenoxy) is 1. The molecule has 0 spiro atoms. The molecule has 0 aliphatic heterocycles. The van der Waals surface area contributed by atoms with Gasteiger partial charge in [-0.05, 0) is 38.8 Å². The first-order valence-corrected chi connectivity index (χ1v) is 9.06. The Morgan fingerprint density at radius 1 is 0.885 bits per heavy atom. The SMILES string of the molecule is CC(C)(C)NC(=O)OC(C)(CNCc1ccccc1)Cc1ccccc1. The maximum Gasteiger partial charge on any atom is 0.408 e. The van der Waals surface area contributed by atoms with Gasteiger partial charge in [0.05, 0.1) is 0 Å². The minimum Gasteiger partial charge on any atom is -0.442 e. The summed E-state index contributed by atoms with van der Waals surface area (Å²) in [7, 11) is 0. The number of alkyl carbamates (subject to hydrolysis) is 1. The molecule has 0 aromatic heterocycles. The number of amides is 1. The molecule has 2 rings (SSSR count). The van der Waals surface area contributed by atoms with Crippen LogP contribution in [0.1, 0.15) is 38.8 Å². The van der Waals surface area contributed by atoms with E-state index in [9.17, 15) is 4.79 Å². The molecule has 0 aliphatic rings. The fraction of sp³-hybridized carbons (Fsp3) is 0.409. The van der Waals surface area contributed by atoms with Crippen LogP contribution in [-0.2, 0) is 17.7 Å². The average molecular weight is 354 g/mol. The van der Waals surface area contributed by atoms with Gasteiger partial charge >= 0.3 is 6.09 Å². The van der Waals surface area contributed by atoms with Crippen molar-refractivity contribution in [3.05, 3.63) is 71.8 Å². The Labute approximate surface area is 157 Å². The lowest BCUT2D eigenvalue weighted by Gasteiger charge is -2.32. The highest BCUT2D eigenvalue weighted by Crippen LogP contribution is 2.18. The van der Waals surface area contributed by atoms with Crippen molar-refractivity contribution in [3.63, 3.8) is 0 Å². The third kappa shape index (κ3) is 7.28. The Bertz CT molecular complexity index is 680. The van der Waals surface area contributed by atoms with Gasteiger partial charge in [-0.15, -0.1) is 0 Å². The maximum absolute atomic E-state index is 12.3. The van der Waals surface area contributed by atoms with Crippen LogP contribution >= 0.6 is 0 Å². The first-order chi connectivity index (χ1) is 12.3. The lowest BCUT2D eigenvalue weighted by molar-refractivity contribution is 0.0215. The van der Waals surface area contributed by atoms with E-state index in [-0.39, 0.29) is 5.54 Å². The first kappa shape index (κ1) is 20.0. The van der Waals surface area contributed by atoms with Crippen LogP contribution in [0.5, 0.6) is 0 Å². The van der Waals surface area contributed by atoms with Gasteiger partial charge in [0.15, 0.2) is 0 Å². The normalized spacial score (nSPS) is 13.7. The maximum atomic E-state index is 12.3. The summed E-state index contributed by atoms with van der Waals surface area (Å²) in [5.74, 6) is 0. The number of carbonyl (C=O) groups excluding carboxylic acids is 1. The minimum atomic E-state index is -0.647. The fourth-order valence-electron chi connectivity index (χ4n) is 2.78. The highest BCUT2D eigenvalue weighted by atomic mass is 16.6. The van der Waals surface area contributed by atoms with Gasteiger partial charge in [0.1, 0.15) is 5.60 Å². The highest BCUT2D eigenvalue weighted by molar-refractivity contribution is 5.68. The van der Waals surface area contributed by atoms with Crippen molar-refractivity contribution in [2.45, 2.75) is 51.8 Å². The summed E-state index contributed by atoms with van der Waals surface area (Å²) in [6, 6.07) is 20.3. The zero-order valence-electron chi connectivity index (χ0n) is 16.2. The lowest BCUT2D eigenvalue weighted by atomic mass is 9.96. The van der Waals surface area contributed by atoms with Gasteiger partial charge < -0.3 is 15.4 Å². The van der Waals surface area contributed by atoms with Crippen LogP contribution in [0.3, 0.4) is 0 Å². The molecule has 2 aromatic carbocycles. The zero-order valence-corrected chi connectivity index (χ0v) is 16.2. The fourth-order valence-corrected chi connectivity index (χ4v) is 2.78. The van der Waals surface area contributed by atoms with Gasteiger partial charge in [0.25, 0.3) is 0 Å². The molecule has 140 valence electrons. The molecule has 1 amide bonds. The van der Waals surface area contributed by atoms with Gasteiger partial charge in [0.2, 0.25) is 0 Å². The molecular weight excluding hydrogens is 324 g/mol. The van der Waals surface area contributed by atoms with E-state index >= 15 is 0 Å². The van der Waals surface area contributed by atoms with E-state index in [1.165, 1.54) is 5.56 Å². The van der Waals surface area contributed by atoms with Crippen molar-refractivity contribution >= 4 is 6.09 Å². The molecule has 2 N–H and O–H groups in total. The van der Waals surface area contributed by atoms with Crippen LogP contribution in [-0.4, -0.2) is 23.8 Å². The molecule has 0 saturated heterocycles. The lowest BCUT2D eigenvalue weighted by Crippen LogP contribution is -2.49. The largest absolute Gasteiger partial charge is 0.442 e. The van der Waals surface area contributed by atoms with E-state index in [1.54, 1.807) is 0 Å². The number of hydrogen-bond donors (Lipinski definition) is 2. The molecule has 4 heteroatoms. The van der Waals surface area contributed by atoms with Crippen LogP contribution in [0.25, 0.3) is 0 Å². The second kappa shape index (κ2) is 8.86. The number of rotatable bonds is 7. The van der Waals surface area contributed by atoms with Crippen molar-refractivity contribution in [1.82, 2.24) is 10.6 Å². The second-order valence-corrected chi connectivity index (χ2v) is 7.97. The van der Waals surface area contributed by atoms with Gasteiger partial charge in [-0.2, -0.15) is 0 Å². The molecule has 0 radical (unpaired) electrons. The number of benzene rings is 2. The Morgan fingerprint density at radius 3 is 1.96 bits per heavy atom. The Kier molecular flexibility index (Phi) is 6.81. The summed E-state index contributed by atoms with van der Waals surface area (Å²) in [4.78, 5) is 12.3. The van der Waals surface area contributed by atoms with Crippen LogP contribution in [0.2, 0.25) is 0 Å². The standard InChI is InChI=1S/C22H30N2O2/c1-21(2,3)24-20(25)26-22(4,15-18-11-7-5-8-12-18)17-23-16-19-13-9-6-10-14-19/h5-14,23H,15-17H2,1-4H3,(H,24,25). The van der Waals surface area contributed by atoms with E-state index in [2.05, 4.69) is 34.9 Å². The molecule has 0 aliphatic carbocycles. The molecule has 26 heavy (non-hydrogen) atoms. The van der Waals surface area contributed by atoms with Crippen molar-refractivity contribution in [2.75, 3.05) is 6.54 Å². The third-order valence-corrected chi connectivity index (χ3v) is 3.91. The van der Waals surface area contributed by atoms with Crippen molar-refractivity contribution < 1.29 is 9.53 Å². The number of nitrogens with one attached hydrogen (secondary N) is 2. The predicted octanol–water partition coefficient (Wildman–Crippen LogP) is 4.30. The monoisotopic (exact) mass is 354 g/mol. The van der Waals surface area contributed by atoms with E-state index in [0.29, 0.717) is 13.0 Å². The highest BCUT2D eigenvalue weighted by Gasteiger charge is 2.30. The van der Waals surface area contributed by atoms with Crippen LogP contribution in [0.15, 0.2) is 60.7 Å². The Morgan fingerprint density at radius 2 is 1.42 bits per heavy atom. The summed E-state index contributed by atoms with van der Waals surface area (Å²) >= 11 is 0. The van der Waals surface area contributed by atoms with Gasteiger partial charge in [-0.1, -0.05) is 60.7 Å². The molecule has 1 atom stereocenters. The number of carbonyl (C=O) groups is 1. The van der Waals surface area contributed by atoms with Crippen LogP contribution in [0, 0.1) is 0 Å². The predicted molar refractivity (Wildman–Crippen MR) is 106 cm³/mol. The van der Waals surface area contributed by atoms with Crippen LogP contribution in [0.4, 0.5) is 4.79 Å². The van der Waals surface area contributed by atoms with E-state index in [4.69, 9.17) is 4.74 Å². The Balaban J connectivity index is 2.03. The molecule has 0 bridgehead atoms. The van der Waals surface area contributed by atoms with E-state index < -0.39 is 11.7 Å². The minimum absolute atomic E-state index is 0.331. The summed E-state index contributed by atoms with van der Waals surface area (Å²) in [5, 5.41) is 6.31. The van der Waals surface area contributed by atoms with Crippen molar-refractivity contribution in [3.8, 4) is 0 Å². The van der Waals surface area contributed by atoms with Crippen molar-refractivity contribution in [2.24, 2.45) is 0 Å². The summed E-state index contributed by atoms with van der Waals surface area (Å²) in [6.45, 7) is 9.09. The summed E-state index contributed by atoms with van der Waals surface area (Å²) in [6.07, 6.45) is 0.255. The molecule has 2 aromatic rings. The summed E-state index contributed by atoms with van der Waals surface area (Å²) in [5.41, 5.74) is 1.36. The molecule has 0 fully saturated rings.